The molecular weight excluding hydrogens is 168 g/mol. The lowest BCUT2D eigenvalue weighted by molar-refractivity contribution is -0.0229. The molecule has 13 heavy (non-hydrogen) atoms. The average molecular weight is 190 g/mol. The van der Waals surface area contributed by atoms with Crippen molar-refractivity contribution in [2.75, 3.05) is 33.5 Å². The fourth-order valence-electron chi connectivity index (χ4n) is 0.910. The molecule has 0 amide bonds. The summed E-state index contributed by atoms with van der Waals surface area (Å²) in [6.07, 6.45) is 0.160. The number of ether oxygens (including phenoxy) is 3. The predicted octanol–water partition coefficient (Wildman–Crippen LogP) is 1.71. The largest absolute Gasteiger partial charge is 0.382 e. The third-order valence-corrected chi connectivity index (χ3v) is 1.48. The highest BCUT2D eigenvalue weighted by Crippen LogP contribution is 1.94. The summed E-state index contributed by atoms with van der Waals surface area (Å²) in [5.41, 5.74) is 0. The lowest BCUT2D eigenvalue weighted by Gasteiger charge is -2.12. The van der Waals surface area contributed by atoms with Crippen LogP contribution in [0.25, 0.3) is 0 Å². The highest BCUT2D eigenvalue weighted by Gasteiger charge is 2.00. The van der Waals surface area contributed by atoms with Crippen LogP contribution in [0, 0.1) is 5.92 Å². The summed E-state index contributed by atoms with van der Waals surface area (Å²) >= 11 is 0. The summed E-state index contributed by atoms with van der Waals surface area (Å²) in [7, 11) is 1.68. The first kappa shape index (κ1) is 12.9. The van der Waals surface area contributed by atoms with Crippen molar-refractivity contribution in [3.05, 3.63) is 0 Å². The summed E-state index contributed by atoms with van der Waals surface area (Å²) in [6, 6.07) is 0. The summed E-state index contributed by atoms with van der Waals surface area (Å²) in [5, 5.41) is 0. The highest BCUT2D eigenvalue weighted by molar-refractivity contribution is 4.46. The number of rotatable bonds is 8. The number of hydrogen-bond acceptors (Lipinski definition) is 3. The van der Waals surface area contributed by atoms with Crippen molar-refractivity contribution in [3.63, 3.8) is 0 Å². The average Bonchev–Trinajstić information content (AvgIpc) is 2.03. The standard InChI is InChI=1S/C10H22O3/c1-9(2)7-12-5-6-13-10(3)8-11-4/h9-10H,5-8H2,1-4H3. The van der Waals surface area contributed by atoms with E-state index in [-0.39, 0.29) is 6.10 Å². The Morgan fingerprint density at radius 2 is 1.69 bits per heavy atom. The van der Waals surface area contributed by atoms with Gasteiger partial charge in [0.05, 0.1) is 25.9 Å². The lowest BCUT2D eigenvalue weighted by Crippen LogP contribution is -2.18. The van der Waals surface area contributed by atoms with Crippen LogP contribution in [-0.4, -0.2) is 39.6 Å². The molecule has 1 atom stereocenters. The molecule has 0 bridgehead atoms. The summed E-state index contributed by atoms with van der Waals surface area (Å²) in [6.45, 7) is 9.03. The molecule has 0 aliphatic heterocycles. The van der Waals surface area contributed by atoms with Gasteiger partial charge >= 0.3 is 0 Å². The van der Waals surface area contributed by atoms with Crippen molar-refractivity contribution in [3.8, 4) is 0 Å². The van der Waals surface area contributed by atoms with Crippen LogP contribution in [0.4, 0.5) is 0 Å². The van der Waals surface area contributed by atoms with Crippen molar-refractivity contribution in [1.82, 2.24) is 0 Å². The van der Waals surface area contributed by atoms with Crippen LogP contribution in [-0.2, 0) is 14.2 Å². The quantitative estimate of drug-likeness (QED) is 0.545. The molecule has 1 unspecified atom stereocenters. The smallest absolute Gasteiger partial charge is 0.0781 e. The highest BCUT2D eigenvalue weighted by atomic mass is 16.5. The molecule has 0 N–H and O–H groups in total. The minimum atomic E-state index is 0.160. The maximum atomic E-state index is 5.41. The molecule has 0 rings (SSSR count). The van der Waals surface area contributed by atoms with Crippen LogP contribution in [0.3, 0.4) is 0 Å². The molecule has 0 aliphatic carbocycles. The van der Waals surface area contributed by atoms with E-state index >= 15 is 0 Å². The number of hydrogen-bond donors (Lipinski definition) is 0. The van der Waals surface area contributed by atoms with Gasteiger partial charge in [0.1, 0.15) is 0 Å². The molecule has 3 nitrogen and oxygen atoms in total. The zero-order valence-electron chi connectivity index (χ0n) is 9.21. The summed E-state index contributed by atoms with van der Waals surface area (Å²) < 4.78 is 15.7. The third-order valence-electron chi connectivity index (χ3n) is 1.48. The maximum Gasteiger partial charge on any atom is 0.0781 e. The van der Waals surface area contributed by atoms with E-state index in [4.69, 9.17) is 14.2 Å². The fourth-order valence-corrected chi connectivity index (χ4v) is 0.910. The second-order valence-electron chi connectivity index (χ2n) is 3.61. The Bertz CT molecular complexity index is 104. The van der Waals surface area contributed by atoms with Crippen LogP contribution in [0.1, 0.15) is 20.8 Å². The van der Waals surface area contributed by atoms with Gasteiger partial charge in [-0.3, -0.25) is 0 Å². The Kier molecular flexibility index (Phi) is 8.40. The lowest BCUT2D eigenvalue weighted by atomic mass is 10.2. The zero-order chi connectivity index (χ0) is 10.1. The van der Waals surface area contributed by atoms with Gasteiger partial charge in [-0.05, 0) is 12.8 Å². The van der Waals surface area contributed by atoms with E-state index in [9.17, 15) is 0 Å². The van der Waals surface area contributed by atoms with Gasteiger partial charge in [-0.2, -0.15) is 0 Å². The van der Waals surface area contributed by atoms with Crippen molar-refractivity contribution in [2.24, 2.45) is 5.92 Å². The first-order valence-electron chi connectivity index (χ1n) is 4.85. The van der Waals surface area contributed by atoms with Gasteiger partial charge in [0.2, 0.25) is 0 Å². The first-order valence-corrected chi connectivity index (χ1v) is 4.85. The normalized spacial score (nSPS) is 13.6. The van der Waals surface area contributed by atoms with Crippen molar-refractivity contribution in [2.45, 2.75) is 26.9 Å². The minimum absolute atomic E-state index is 0.160. The van der Waals surface area contributed by atoms with Crippen LogP contribution in [0.15, 0.2) is 0 Å². The molecular formula is C10H22O3. The van der Waals surface area contributed by atoms with Gasteiger partial charge in [0.25, 0.3) is 0 Å². The zero-order valence-corrected chi connectivity index (χ0v) is 9.21. The Morgan fingerprint density at radius 3 is 2.23 bits per heavy atom. The molecule has 0 radical (unpaired) electrons. The second kappa shape index (κ2) is 8.48. The van der Waals surface area contributed by atoms with E-state index in [1.165, 1.54) is 0 Å². The molecule has 0 aromatic carbocycles. The SMILES string of the molecule is COCC(C)OCCOCC(C)C. The Morgan fingerprint density at radius 1 is 1.00 bits per heavy atom. The molecule has 0 fully saturated rings. The summed E-state index contributed by atoms with van der Waals surface area (Å²) in [4.78, 5) is 0. The van der Waals surface area contributed by atoms with E-state index in [1.807, 2.05) is 6.92 Å². The van der Waals surface area contributed by atoms with E-state index < -0.39 is 0 Å². The van der Waals surface area contributed by atoms with Crippen LogP contribution >= 0.6 is 0 Å². The monoisotopic (exact) mass is 190 g/mol. The minimum Gasteiger partial charge on any atom is -0.382 e. The van der Waals surface area contributed by atoms with Crippen molar-refractivity contribution in [1.29, 1.82) is 0 Å². The third kappa shape index (κ3) is 9.80. The molecule has 0 saturated carbocycles. The van der Waals surface area contributed by atoms with Gasteiger partial charge in [0.15, 0.2) is 0 Å². The van der Waals surface area contributed by atoms with Gasteiger partial charge in [0, 0.05) is 13.7 Å². The van der Waals surface area contributed by atoms with Crippen LogP contribution < -0.4 is 0 Å². The first-order chi connectivity index (χ1) is 6.16. The van der Waals surface area contributed by atoms with Gasteiger partial charge in [-0.25, -0.2) is 0 Å². The van der Waals surface area contributed by atoms with Crippen LogP contribution in [0.5, 0.6) is 0 Å². The molecule has 0 spiro atoms. The topological polar surface area (TPSA) is 27.7 Å². The van der Waals surface area contributed by atoms with Gasteiger partial charge in [-0.15, -0.1) is 0 Å². The van der Waals surface area contributed by atoms with E-state index in [2.05, 4.69) is 13.8 Å². The summed E-state index contributed by atoms with van der Waals surface area (Å²) in [5.74, 6) is 0.594. The Labute approximate surface area is 81.4 Å². The molecule has 0 aromatic rings. The van der Waals surface area contributed by atoms with Gasteiger partial charge < -0.3 is 14.2 Å². The van der Waals surface area contributed by atoms with E-state index in [1.54, 1.807) is 7.11 Å². The Hall–Kier alpha value is -0.120. The van der Waals surface area contributed by atoms with E-state index in [0.717, 1.165) is 6.61 Å². The Balaban J connectivity index is 3.06. The fraction of sp³-hybridized carbons (Fsp3) is 1.00. The van der Waals surface area contributed by atoms with E-state index in [0.29, 0.717) is 25.7 Å². The van der Waals surface area contributed by atoms with Crippen LogP contribution in [0.2, 0.25) is 0 Å². The van der Waals surface area contributed by atoms with Crippen molar-refractivity contribution >= 4 is 0 Å². The maximum absolute atomic E-state index is 5.41. The molecule has 3 heteroatoms. The second-order valence-corrected chi connectivity index (χ2v) is 3.61. The molecule has 0 saturated heterocycles. The molecule has 0 heterocycles. The van der Waals surface area contributed by atoms with Crippen molar-refractivity contribution < 1.29 is 14.2 Å². The molecule has 0 aromatic heterocycles. The van der Waals surface area contributed by atoms with Gasteiger partial charge in [-0.1, -0.05) is 13.8 Å². The molecule has 80 valence electrons. The molecule has 0 aliphatic rings. The number of methoxy groups -OCH3 is 1. The predicted molar refractivity (Wildman–Crippen MR) is 52.9 cm³/mol.